The van der Waals surface area contributed by atoms with Crippen LogP contribution in [0.3, 0.4) is 0 Å². The van der Waals surface area contributed by atoms with Crippen LogP contribution in [0.1, 0.15) is 0 Å². The van der Waals surface area contributed by atoms with E-state index in [1.165, 1.54) is 18.2 Å². The Morgan fingerprint density at radius 3 is 2.53 bits per heavy atom. The summed E-state index contributed by atoms with van der Waals surface area (Å²) in [6.45, 7) is 0. The van der Waals surface area contributed by atoms with Gasteiger partial charge in [-0.3, -0.25) is 0 Å². The number of aromatic hydroxyl groups is 1. The first-order valence-corrected chi connectivity index (χ1v) is 5.20. The number of hydrogen-bond acceptors (Lipinski definition) is 3. The zero-order valence-electron chi connectivity index (χ0n) is 9.68. The number of nitrogens with zero attached hydrogens (tertiary/aromatic N) is 2. The van der Waals surface area contributed by atoms with Crippen molar-refractivity contribution in [2.75, 3.05) is 19.0 Å². The van der Waals surface area contributed by atoms with Crippen molar-refractivity contribution in [1.82, 2.24) is 4.98 Å². The molecule has 0 unspecified atom stereocenters. The Balaban J connectivity index is 2.43. The quantitative estimate of drug-likeness (QED) is 0.864. The molecule has 4 heteroatoms. The Labute approximate surface area is 99.2 Å². The number of benzene rings is 1. The fourth-order valence-electron chi connectivity index (χ4n) is 1.55. The van der Waals surface area contributed by atoms with Crippen LogP contribution in [-0.2, 0) is 0 Å². The van der Waals surface area contributed by atoms with Crippen LogP contribution >= 0.6 is 0 Å². The molecule has 0 bridgehead atoms. The van der Waals surface area contributed by atoms with Crippen molar-refractivity contribution < 1.29 is 9.50 Å². The van der Waals surface area contributed by atoms with Gasteiger partial charge in [-0.2, -0.15) is 0 Å². The molecule has 0 saturated heterocycles. The highest BCUT2D eigenvalue weighted by molar-refractivity contribution is 5.70. The summed E-state index contributed by atoms with van der Waals surface area (Å²) in [7, 11) is 3.78. The monoisotopic (exact) mass is 232 g/mol. The maximum atomic E-state index is 13.1. The number of hydrogen-bond donors (Lipinski definition) is 1. The van der Waals surface area contributed by atoms with Crippen LogP contribution < -0.4 is 4.90 Å². The van der Waals surface area contributed by atoms with E-state index in [2.05, 4.69) is 4.98 Å². The molecule has 0 radical (unpaired) electrons. The Hall–Kier alpha value is -2.10. The highest BCUT2D eigenvalue weighted by Gasteiger charge is 2.06. The largest absolute Gasteiger partial charge is 0.507 e. The lowest BCUT2D eigenvalue weighted by Gasteiger charge is -2.11. The van der Waals surface area contributed by atoms with Gasteiger partial charge in [0.05, 0.1) is 0 Å². The molecule has 17 heavy (non-hydrogen) atoms. The van der Waals surface area contributed by atoms with E-state index in [4.69, 9.17) is 0 Å². The summed E-state index contributed by atoms with van der Waals surface area (Å²) in [5.41, 5.74) is 1.13. The van der Waals surface area contributed by atoms with Gasteiger partial charge in [0, 0.05) is 31.4 Å². The summed E-state index contributed by atoms with van der Waals surface area (Å²) in [5, 5.41) is 9.66. The standard InChI is InChI=1S/C13H13FN2O/c1-16(2)13-6-3-9(8-15-13)11-7-10(14)4-5-12(11)17/h3-8,17H,1-2H3. The number of rotatable bonds is 2. The fourth-order valence-corrected chi connectivity index (χ4v) is 1.55. The van der Waals surface area contributed by atoms with Crippen LogP contribution in [0.5, 0.6) is 5.75 Å². The number of pyridine rings is 1. The third kappa shape index (κ3) is 2.36. The lowest BCUT2D eigenvalue weighted by atomic mass is 10.1. The molecule has 0 spiro atoms. The van der Waals surface area contributed by atoms with Gasteiger partial charge < -0.3 is 10.0 Å². The van der Waals surface area contributed by atoms with Gasteiger partial charge in [0.2, 0.25) is 0 Å². The predicted octanol–water partition coefficient (Wildman–Crippen LogP) is 2.66. The Morgan fingerprint density at radius 1 is 1.18 bits per heavy atom. The first-order valence-electron chi connectivity index (χ1n) is 5.20. The second-order valence-corrected chi connectivity index (χ2v) is 3.96. The Bertz CT molecular complexity index is 523. The molecule has 0 aliphatic carbocycles. The van der Waals surface area contributed by atoms with Crippen molar-refractivity contribution in [3.8, 4) is 16.9 Å². The van der Waals surface area contributed by atoms with Crippen molar-refractivity contribution in [3.05, 3.63) is 42.3 Å². The van der Waals surface area contributed by atoms with Gasteiger partial charge in [-0.25, -0.2) is 9.37 Å². The number of halogens is 1. The second-order valence-electron chi connectivity index (χ2n) is 3.96. The molecular formula is C13H13FN2O. The highest BCUT2D eigenvalue weighted by Crippen LogP contribution is 2.29. The Kier molecular flexibility index (Phi) is 2.95. The van der Waals surface area contributed by atoms with Gasteiger partial charge >= 0.3 is 0 Å². The summed E-state index contributed by atoms with van der Waals surface area (Å²) in [6.07, 6.45) is 1.61. The third-order valence-electron chi connectivity index (χ3n) is 2.48. The van der Waals surface area contributed by atoms with Crippen LogP contribution in [0.15, 0.2) is 36.5 Å². The molecule has 0 fully saturated rings. The van der Waals surface area contributed by atoms with E-state index in [-0.39, 0.29) is 11.6 Å². The average molecular weight is 232 g/mol. The minimum atomic E-state index is -0.380. The molecule has 0 aliphatic rings. The molecule has 2 aromatic rings. The van der Waals surface area contributed by atoms with Crippen LogP contribution in [0, 0.1) is 5.82 Å². The maximum absolute atomic E-state index is 13.1. The molecule has 1 aromatic heterocycles. The van der Waals surface area contributed by atoms with Crippen molar-refractivity contribution >= 4 is 5.82 Å². The molecule has 1 N–H and O–H groups in total. The average Bonchev–Trinajstić information content (AvgIpc) is 2.32. The van der Waals surface area contributed by atoms with Crippen LogP contribution in [0.2, 0.25) is 0 Å². The SMILES string of the molecule is CN(C)c1ccc(-c2cc(F)ccc2O)cn1. The number of phenols is 1. The summed E-state index contributed by atoms with van der Waals surface area (Å²) < 4.78 is 13.1. The topological polar surface area (TPSA) is 36.4 Å². The van der Waals surface area contributed by atoms with E-state index >= 15 is 0 Å². The first-order chi connectivity index (χ1) is 8.08. The van der Waals surface area contributed by atoms with E-state index in [1.54, 1.807) is 12.3 Å². The lowest BCUT2D eigenvalue weighted by molar-refractivity contribution is 0.475. The van der Waals surface area contributed by atoms with Gasteiger partial charge in [0.1, 0.15) is 17.4 Å². The molecule has 88 valence electrons. The minimum Gasteiger partial charge on any atom is -0.507 e. The highest BCUT2D eigenvalue weighted by atomic mass is 19.1. The number of anilines is 1. The van der Waals surface area contributed by atoms with Crippen LogP contribution in [0.25, 0.3) is 11.1 Å². The summed E-state index contributed by atoms with van der Waals surface area (Å²) in [5.74, 6) is 0.477. The van der Waals surface area contributed by atoms with Crippen molar-refractivity contribution in [2.24, 2.45) is 0 Å². The zero-order chi connectivity index (χ0) is 12.4. The van der Waals surface area contributed by atoms with Gasteiger partial charge in [0.15, 0.2) is 0 Å². The van der Waals surface area contributed by atoms with Gasteiger partial charge in [-0.15, -0.1) is 0 Å². The Morgan fingerprint density at radius 2 is 1.94 bits per heavy atom. The molecule has 0 aliphatic heterocycles. The molecular weight excluding hydrogens is 219 g/mol. The minimum absolute atomic E-state index is 0.0470. The smallest absolute Gasteiger partial charge is 0.127 e. The van der Waals surface area contributed by atoms with Crippen molar-refractivity contribution in [3.63, 3.8) is 0 Å². The van der Waals surface area contributed by atoms with E-state index in [1.807, 2.05) is 25.1 Å². The van der Waals surface area contributed by atoms with E-state index in [0.29, 0.717) is 11.1 Å². The predicted molar refractivity (Wildman–Crippen MR) is 65.6 cm³/mol. The van der Waals surface area contributed by atoms with Crippen LogP contribution in [-0.4, -0.2) is 24.2 Å². The number of aromatic nitrogens is 1. The second kappa shape index (κ2) is 4.41. The van der Waals surface area contributed by atoms with Crippen molar-refractivity contribution in [1.29, 1.82) is 0 Å². The van der Waals surface area contributed by atoms with Gasteiger partial charge in [0.25, 0.3) is 0 Å². The molecule has 0 saturated carbocycles. The summed E-state index contributed by atoms with van der Waals surface area (Å²) in [4.78, 5) is 6.09. The van der Waals surface area contributed by atoms with Gasteiger partial charge in [-0.05, 0) is 30.3 Å². The lowest BCUT2D eigenvalue weighted by Crippen LogP contribution is -2.09. The molecule has 3 nitrogen and oxygen atoms in total. The maximum Gasteiger partial charge on any atom is 0.127 e. The normalized spacial score (nSPS) is 10.3. The fraction of sp³-hybridized carbons (Fsp3) is 0.154. The summed E-state index contributed by atoms with van der Waals surface area (Å²) >= 11 is 0. The van der Waals surface area contributed by atoms with E-state index in [9.17, 15) is 9.50 Å². The van der Waals surface area contributed by atoms with Gasteiger partial charge in [-0.1, -0.05) is 0 Å². The van der Waals surface area contributed by atoms with E-state index < -0.39 is 0 Å². The zero-order valence-corrected chi connectivity index (χ0v) is 9.68. The van der Waals surface area contributed by atoms with Crippen molar-refractivity contribution in [2.45, 2.75) is 0 Å². The number of phenolic OH excluding ortho intramolecular Hbond substituents is 1. The molecule has 1 aromatic carbocycles. The summed E-state index contributed by atoms with van der Waals surface area (Å²) in [6, 6.07) is 7.48. The molecule has 1 heterocycles. The first kappa shape index (κ1) is 11.4. The third-order valence-corrected chi connectivity index (χ3v) is 2.48. The molecule has 0 amide bonds. The van der Waals surface area contributed by atoms with Crippen LogP contribution in [0.4, 0.5) is 10.2 Å². The molecule has 2 rings (SSSR count). The molecule has 0 atom stereocenters. The van der Waals surface area contributed by atoms with E-state index in [0.717, 1.165) is 5.82 Å².